The maximum atomic E-state index is 14.5. The van der Waals surface area contributed by atoms with Crippen LogP contribution in [0.4, 0.5) is 10.1 Å². The van der Waals surface area contributed by atoms with Crippen LogP contribution in [0.25, 0.3) is 11.1 Å². The second kappa shape index (κ2) is 8.54. The van der Waals surface area contributed by atoms with E-state index in [-0.39, 0.29) is 16.7 Å². The molecule has 0 unspecified atom stereocenters. The van der Waals surface area contributed by atoms with Gasteiger partial charge in [0.1, 0.15) is 5.67 Å². The number of rotatable bonds is 7. The second-order valence-electron chi connectivity index (χ2n) is 13.5. The van der Waals surface area contributed by atoms with Gasteiger partial charge in [-0.3, -0.25) is 4.79 Å². The summed E-state index contributed by atoms with van der Waals surface area (Å²) in [5.41, 5.74) is 1.13. The molecule has 0 N–H and O–H groups in total. The summed E-state index contributed by atoms with van der Waals surface area (Å²) in [4.78, 5) is 21.0. The van der Waals surface area contributed by atoms with E-state index in [9.17, 15) is 9.18 Å². The highest BCUT2D eigenvalue weighted by Gasteiger charge is 2.73. The number of nitrogens with zero attached hydrogens (tertiary/aromatic N) is 3. The lowest BCUT2D eigenvalue weighted by molar-refractivity contribution is -0.211. The maximum absolute atomic E-state index is 14.5. The van der Waals surface area contributed by atoms with E-state index in [4.69, 9.17) is 32.7 Å². The van der Waals surface area contributed by atoms with Crippen molar-refractivity contribution >= 4 is 34.8 Å². The minimum Gasteiger partial charge on any atom is -0.339 e. The van der Waals surface area contributed by atoms with Gasteiger partial charge in [-0.25, -0.2) is 4.39 Å². The Morgan fingerprint density at radius 3 is 2.30 bits per heavy atom. The van der Waals surface area contributed by atoms with E-state index < -0.39 is 11.1 Å². The van der Waals surface area contributed by atoms with Gasteiger partial charge in [-0.2, -0.15) is 4.98 Å². The van der Waals surface area contributed by atoms with Gasteiger partial charge in [-0.05, 0) is 111 Å². The molecule has 0 saturated heterocycles. The van der Waals surface area contributed by atoms with Crippen molar-refractivity contribution in [1.82, 2.24) is 10.1 Å². The Hall–Kier alpha value is -2.44. The van der Waals surface area contributed by atoms with Crippen LogP contribution in [0.1, 0.15) is 88.3 Å². The monoisotopic (exact) mass is 579 g/mol. The largest absolute Gasteiger partial charge is 0.339 e. The molecule has 1 amide bonds. The third-order valence-electron chi connectivity index (χ3n) is 10.8. The highest BCUT2D eigenvalue weighted by molar-refractivity contribution is 6.42. The van der Waals surface area contributed by atoms with E-state index >= 15 is 0 Å². The van der Waals surface area contributed by atoms with Crippen molar-refractivity contribution in [3.05, 3.63) is 64.2 Å². The molecule has 208 valence electrons. The third kappa shape index (κ3) is 3.88. The van der Waals surface area contributed by atoms with Crippen molar-refractivity contribution in [1.29, 1.82) is 0 Å². The number of hydrogen-bond acceptors (Lipinski definition) is 4. The van der Waals surface area contributed by atoms with Gasteiger partial charge in [0, 0.05) is 23.6 Å². The van der Waals surface area contributed by atoms with Gasteiger partial charge in [0.05, 0.1) is 15.5 Å². The first kappa shape index (κ1) is 25.3. The Labute approximate surface area is 243 Å². The molecule has 7 fully saturated rings. The molecule has 0 radical (unpaired) electrons. The molecule has 8 heteroatoms. The van der Waals surface area contributed by atoms with Gasteiger partial charge >= 0.3 is 0 Å². The fourth-order valence-corrected chi connectivity index (χ4v) is 8.40. The van der Waals surface area contributed by atoms with Crippen LogP contribution < -0.4 is 4.90 Å². The van der Waals surface area contributed by atoms with Gasteiger partial charge in [-0.15, -0.1) is 0 Å². The van der Waals surface area contributed by atoms with Gasteiger partial charge in [0.2, 0.25) is 11.8 Å². The molecule has 40 heavy (non-hydrogen) atoms. The first-order valence-electron chi connectivity index (χ1n) is 14.6. The lowest BCUT2D eigenvalue weighted by Gasteiger charge is -2.65. The SMILES string of the molecule is O=C(N(CC12CCC(c3nc(C4CC4)no3)(CC1)CC2)c1cccc(-c2ccc(Cl)c(Cl)c2)c1)C12CC(F)(C1)C2. The van der Waals surface area contributed by atoms with Crippen molar-refractivity contribution in [3.63, 3.8) is 0 Å². The molecule has 0 atom stereocenters. The zero-order chi connectivity index (χ0) is 27.3. The highest BCUT2D eigenvalue weighted by Crippen LogP contribution is 2.70. The summed E-state index contributed by atoms with van der Waals surface area (Å²) in [6, 6.07) is 13.7. The summed E-state index contributed by atoms with van der Waals surface area (Å²) in [6.45, 7) is 0.658. The maximum Gasteiger partial charge on any atom is 0.233 e. The summed E-state index contributed by atoms with van der Waals surface area (Å²) in [5.74, 6) is 2.28. The molecule has 0 aliphatic heterocycles. The van der Waals surface area contributed by atoms with Crippen molar-refractivity contribution in [3.8, 4) is 11.1 Å². The van der Waals surface area contributed by atoms with Crippen molar-refractivity contribution in [2.45, 2.75) is 87.6 Å². The topological polar surface area (TPSA) is 59.2 Å². The molecule has 2 aromatic carbocycles. The van der Waals surface area contributed by atoms with E-state index in [0.717, 1.165) is 79.9 Å². The third-order valence-corrected chi connectivity index (χ3v) is 11.5. The van der Waals surface area contributed by atoms with Crippen LogP contribution in [0.5, 0.6) is 0 Å². The Morgan fingerprint density at radius 1 is 0.950 bits per heavy atom. The molecule has 0 spiro atoms. The second-order valence-corrected chi connectivity index (χ2v) is 14.4. The zero-order valence-corrected chi connectivity index (χ0v) is 23.9. The standard InChI is InChI=1S/C32H32Cl2FN3O2/c33-24-7-6-22(15-25(24)34)21-2-1-3-23(14-21)38(28(39)31-16-32(35,17-31)18-31)19-29-8-11-30(12-9-29,13-10-29)27-36-26(37-40-27)20-4-5-20/h1-3,6-7,14-15,20H,4-5,8-13,16-19H2. The minimum absolute atomic E-state index is 0.0288. The molecule has 7 saturated carbocycles. The predicted octanol–water partition coefficient (Wildman–Crippen LogP) is 8.44. The molecule has 1 aromatic heterocycles. The van der Waals surface area contributed by atoms with Gasteiger partial charge in [0.15, 0.2) is 5.82 Å². The van der Waals surface area contributed by atoms with E-state index in [2.05, 4.69) is 11.2 Å². The van der Waals surface area contributed by atoms with E-state index in [0.29, 0.717) is 41.8 Å². The molecule has 7 aliphatic rings. The molecular weight excluding hydrogens is 548 g/mol. The predicted molar refractivity (Wildman–Crippen MR) is 152 cm³/mol. The highest BCUT2D eigenvalue weighted by atomic mass is 35.5. The minimum atomic E-state index is -1.12. The summed E-state index contributed by atoms with van der Waals surface area (Å²) in [7, 11) is 0. The van der Waals surface area contributed by atoms with Crippen LogP contribution in [0.2, 0.25) is 10.0 Å². The Kier molecular flexibility index (Phi) is 5.40. The smallest absolute Gasteiger partial charge is 0.233 e. The molecule has 1 heterocycles. The van der Waals surface area contributed by atoms with E-state index in [1.165, 1.54) is 0 Å². The Bertz CT molecular complexity index is 1490. The lowest BCUT2D eigenvalue weighted by atomic mass is 9.41. The number of aromatic nitrogens is 2. The summed E-state index contributed by atoms with van der Waals surface area (Å²) in [6.07, 6.45) is 9.47. The van der Waals surface area contributed by atoms with Gasteiger partial charge < -0.3 is 9.42 Å². The molecule has 4 bridgehead atoms. The number of hydrogen-bond donors (Lipinski definition) is 0. The molecule has 3 aromatic rings. The fraction of sp³-hybridized carbons (Fsp3) is 0.531. The molecule has 10 rings (SSSR count). The van der Waals surface area contributed by atoms with Crippen molar-refractivity contribution < 1.29 is 13.7 Å². The van der Waals surface area contributed by atoms with Crippen LogP contribution in [0.15, 0.2) is 47.0 Å². The number of carbonyl (C=O) groups is 1. The average Bonchev–Trinajstić information content (AvgIpc) is 3.67. The molecular formula is C32H32Cl2FN3O2. The number of halogens is 3. The van der Waals surface area contributed by atoms with Crippen molar-refractivity contribution in [2.75, 3.05) is 11.4 Å². The van der Waals surface area contributed by atoms with E-state index in [1.54, 1.807) is 6.07 Å². The van der Waals surface area contributed by atoms with Crippen LogP contribution in [-0.2, 0) is 10.2 Å². The summed E-state index contributed by atoms with van der Waals surface area (Å²) in [5, 5.41) is 5.31. The molecule has 5 nitrogen and oxygen atoms in total. The van der Waals surface area contributed by atoms with Crippen LogP contribution in [0.3, 0.4) is 0 Å². The van der Waals surface area contributed by atoms with Crippen LogP contribution in [-0.4, -0.2) is 28.3 Å². The quantitative estimate of drug-likeness (QED) is 0.282. The first-order chi connectivity index (χ1) is 19.2. The Morgan fingerprint density at radius 2 is 1.65 bits per heavy atom. The number of anilines is 1. The first-order valence-corrected chi connectivity index (χ1v) is 15.4. The normalized spacial score (nSPS) is 33.8. The number of carbonyl (C=O) groups excluding carboxylic acids is 1. The lowest BCUT2D eigenvalue weighted by Crippen LogP contribution is -2.71. The Balaban J connectivity index is 1.08. The molecule has 7 aliphatic carbocycles. The van der Waals surface area contributed by atoms with Gasteiger partial charge in [-0.1, -0.05) is 46.6 Å². The van der Waals surface area contributed by atoms with Crippen molar-refractivity contribution in [2.24, 2.45) is 10.8 Å². The van der Waals surface area contributed by atoms with Crippen LogP contribution in [0, 0.1) is 10.8 Å². The fourth-order valence-electron chi connectivity index (χ4n) is 8.10. The summed E-state index contributed by atoms with van der Waals surface area (Å²) < 4.78 is 20.4. The number of amides is 1. The van der Waals surface area contributed by atoms with Crippen LogP contribution >= 0.6 is 23.2 Å². The zero-order valence-electron chi connectivity index (χ0n) is 22.4. The average molecular weight is 581 g/mol. The number of benzene rings is 2. The number of fused-ring (bicyclic) bond motifs is 3. The summed E-state index contributed by atoms with van der Waals surface area (Å²) >= 11 is 12.5. The number of alkyl halides is 1. The van der Waals surface area contributed by atoms with E-state index in [1.807, 2.05) is 35.2 Å². The van der Waals surface area contributed by atoms with Gasteiger partial charge in [0.25, 0.3) is 0 Å².